The third kappa shape index (κ3) is 4.07. The lowest BCUT2D eigenvalue weighted by Crippen LogP contribution is -2.22. The Morgan fingerprint density at radius 1 is 1.32 bits per heavy atom. The van der Waals surface area contributed by atoms with Crippen LogP contribution in [0.25, 0.3) is 0 Å². The Morgan fingerprint density at radius 3 is 2.84 bits per heavy atom. The number of hydrogen-bond donors (Lipinski definition) is 3. The van der Waals surface area contributed by atoms with Crippen molar-refractivity contribution in [2.24, 2.45) is 5.14 Å². The second-order valence-electron chi connectivity index (χ2n) is 4.71. The lowest BCUT2D eigenvalue weighted by molar-refractivity contribution is 0.597. The molecule has 2 rings (SSSR count). The minimum Gasteiger partial charge on any atom is -0.381 e. The number of nitrogens with two attached hydrogens (primary N) is 1. The summed E-state index contributed by atoms with van der Waals surface area (Å²) < 4.78 is 22.7. The van der Waals surface area contributed by atoms with Gasteiger partial charge in [-0.2, -0.15) is 0 Å². The van der Waals surface area contributed by atoms with E-state index >= 15 is 0 Å². The summed E-state index contributed by atoms with van der Waals surface area (Å²) >= 11 is 6.09. The van der Waals surface area contributed by atoms with Crippen molar-refractivity contribution in [2.75, 3.05) is 18.4 Å². The molecule has 4 N–H and O–H groups in total. The van der Waals surface area contributed by atoms with E-state index in [4.69, 9.17) is 16.7 Å². The van der Waals surface area contributed by atoms with Gasteiger partial charge in [-0.15, -0.1) is 0 Å². The molecule has 0 saturated carbocycles. The summed E-state index contributed by atoms with van der Waals surface area (Å²) in [6.07, 6.45) is 3.10. The van der Waals surface area contributed by atoms with E-state index in [0.717, 1.165) is 32.4 Å². The monoisotopic (exact) mass is 303 g/mol. The van der Waals surface area contributed by atoms with Crippen LogP contribution in [0.3, 0.4) is 0 Å². The number of sulfonamides is 1. The Hall–Kier alpha value is -0.820. The topological polar surface area (TPSA) is 84.2 Å². The van der Waals surface area contributed by atoms with Crippen LogP contribution in [0.1, 0.15) is 19.3 Å². The zero-order valence-corrected chi connectivity index (χ0v) is 12.1. The highest BCUT2D eigenvalue weighted by Gasteiger charge is 2.15. The van der Waals surface area contributed by atoms with E-state index in [0.29, 0.717) is 16.8 Å². The lowest BCUT2D eigenvalue weighted by atomic mass is 10.1. The Bertz CT molecular complexity index is 540. The van der Waals surface area contributed by atoms with Crippen molar-refractivity contribution in [3.63, 3.8) is 0 Å². The van der Waals surface area contributed by atoms with Crippen LogP contribution < -0.4 is 15.8 Å². The van der Waals surface area contributed by atoms with Crippen molar-refractivity contribution < 1.29 is 8.42 Å². The fourth-order valence-electron chi connectivity index (χ4n) is 2.18. The van der Waals surface area contributed by atoms with Crippen LogP contribution in [0.5, 0.6) is 0 Å². The van der Waals surface area contributed by atoms with Crippen LogP contribution >= 0.6 is 11.6 Å². The van der Waals surface area contributed by atoms with E-state index in [-0.39, 0.29) is 4.90 Å². The smallest absolute Gasteiger partial charge is 0.238 e. The van der Waals surface area contributed by atoms with Crippen LogP contribution in [0.2, 0.25) is 5.02 Å². The van der Waals surface area contributed by atoms with Crippen molar-refractivity contribution in [3.8, 4) is 0 Å². The molecular formula is C12H18ClN3O2S. The first kappa shape index (κ1) is 14.6. The summed E-state index contributed by atoms with van der Waals surface area (Å²) in [5, 5.41) is 12.3. The first-order valence-electron chi connectivity index (χ1n) is 6.26. The molecule has 0 radical (unpaired) electrons. The number of rotatable bonds is 3. The van der Waals surface area contributed by atoms with E-state index in [2.05, 4.69) is 10.6 Å². The summed E-state index contributed by atoms with van der Waals surface area (Å²) in [6.45, 7) is 1.97. The molecule has 7 heteroatoms. The molecule has 1 aromatic carbocycles. The van der Waals surface area contributed by atoms with Gasteiger partial charge >= 0.3 is 0 Å². The van der Waals surface area contributed by atoms with E-state index in [1.807, 2.05) is 0 Å². The number of benzene rings is 1. The molecule has 5 nitrogen and oxygen atoms in total. The molecular weight excluding hydrogens is 286 g/mol. The first-order valence-corrected chi connectivity index (χ1v) is 8.19. The summed E-state index contributed by atoms with van der Waals surface area (Å²) in [5.74, 6) is 0. The fourth-order valence-corrected chi connectivity index (χ4v) is 2.89. The molecule has 0 aliphatic carbocycles. The van der Waals surface area contributed by atoms with Crippen molar-refractivity contribution in [3.05, 3.63) is 23.2 Å². The van der Waals surface area contributed by atoms with Crippen LogP contribution in [-0.2, 0) is 10.0 Å². The molecule has 0 aromatic heterocycles. The van der Waals surface area contributed by atoms with Gasteiger partial charge in [0, 0.05) is 6.04 Å². The molecule has 1 aliphatic rings. The summed E-state index contributed by atoms with van der Waals surface area (Å²) in [4.78, 5) is 0.0751. The van der Waals surface area contributed by atoms with Gasteiger partial charge in [0.2, 0.25) is 10.0 Å². The van der Waals surface area contributed by atoms with Gasteiger partial charge < -0.3 is 10.6 Å². The van der Waals surface area contributed by atoms with Crippen molar-refractivity contribution in [1.82, 2.24) is 5.32 Å². The van der Waals surface area contributed by atoms with Gasteiger partial charge in [0.1, 0.15) is 0 Å². The average Bonchev–Trinajstić information content (AvgIpc) is 2.59. The normalized spacial score (nSPS) is 20.8. The quantitative estimate of drug-likeness (QED) is 0.791. The molecule has 0 bridgehead atoms. The zero-order chi connectivity index (χ0) is 13.9. The number of halogens is 1. The molecule has 1 heterocycles. The highest BCUT2D eigenvalue weighted by atomic mass is 35.5. The van der Waals surface area contributed by atoms with Gasteiger partial charge in [0.25, 0.3) is 0 Å². The minimum absolute atomic E-state index is 0.0751. The molecule has 1 atom stereocenters. The Balaban J connectivity index is 2.19. The molecule has 0 spiro atoms. The summed E-state index contributed by atoms with van der Waals surface area (Å²) in [6, 6.07) is 4.76. The van der Waals surface area contributed by atoms with E-state index in [1.165, 1.54) is 12.1 Å². The predicted molar refractivity (Wildman–Crippen MR) is 77.0 cm³/mol. The van der Waals surface area contributed by atoms with Gasteiger partial charge in [-0.05, 0) is 50.6 Å². The summed E-state index contributed by atoms with van der Waals surface area (Å²) in [7, 11) is -3.70. The molecule has 1 aromatic rings. The molecule has 1 saturated heterocycles. The Labute approximate surface area is 118 Å². The maximum atomic E-state index is 11.3. The molecule has 19 heavy (non-hydrogen) atoms. The van der Waals surface area contributed by atoms with Gasteiger partial charge in [0.15, 0.2) is 0 Å². The number of nitrogens with one attached hydrogen (secondary N) is 2. The van der Waals surface area contributed by atoms with Gasteiger partial charge in [-0.1, -0.05) is 11.6 Å². The largest absolute Gasteiger partial charge is 0.381 e. The second-order valence-corrected chi connectivity index (χ2v) is 6.68. The standard InChI is InChI=1S/C12H18ClN3O2S/c13-11-4-3-10(19(14,17)18)8-12(11)16-9-2-1-6-15-7-5-9/h3-4,8-9,15-16H,1-2,5-7H2,(H2,14,17,18). The average molecular weight is 304 g/mol. The minimum atomic E-state index is -3.70. The Morgan fingerprint density at radius 2 is 2.11 bits per heavy atom. The maximum Gasteiger partial charge on any atom is 0.238 e. The maximum absolute atomic E-state index is 11.3. The molecule has 0 amide bonds. The molecule has 106 valence electrons. The lowest BCUT2D eigenvalue weighted by Gasteiger charge is -2.18. The van der Waals surface area contributed by atoms with Gasteiger partial charge in [-0.25, -0.2) is 13.6 Å². The fraction of sp³-hybridized carbons (Fsp3) is 0.500. The number of primary sulfonamides is 1. The van der Waals surface area contributed by atoms with Gasteiger partial charge in [-0.3, -0.25) is 0 Å². The third-order valence-corrected chi connectivity index (χ3v) is 4.44. The number of anilines is 1. The van der Waals surface area contributed by atoms with Gasteiger partial charge in [0.05, 0.1) is 15.6 Å². The van der Waals surface area contributed by atoms with Crippen molar-refractivity contribution >= 4 is 27.3 Å². The third-order valence-electron chi connectivity index (χ3n) is 3.20. The first-order chi connectivity index (χ1) is 8.97. The van der Waals surface area contributed by atoms with Crippen molar-refractivity contribution in [2.45, 2.75) is 30.2 Å². The molecule has 1 fully saturated rings. The zero-order valence-electron chi connectivity index (χ0n) is 10.5. The highest BCUT2D eigenvalue weighted by Crippen LogP contribution is 2.26. The highest BCUT2D eigenvalue weighted by molar-refractivity contribution is 7.89. The molecule has 1 unspecified atom stereocenters. The van der Waals surface area contributed by atoms with Crippen LogP contribution in [0.15, 0.2) is 23.1 Å². The van der Waals surface area contributed by atoms with E-state index < -0.39 is 10.0 Å². The van der Waals surface area contributed by atoms with Crippen molar-refractivity contribution in [1.29, 1.82) is 0 Å². The van der Waals surface area contributed by atoms with E-state index in [9.17, 15) is 8.42 Å². The molecule has 1 aliphatic heterocycles. The predicted octanol–water partition coefficient (Wildman–Crippen LogP) is 1.54. The van der Waals surface area contributed by atoms with Crippen LogP contribution in [-0.4, -0.2) is 27.5 Å². The second kappa shape index (κ2) is 6.09. The SMILES string of the molecule is NS(=O)(=O)c1ccc(Cl)c(NC2CCCNCC2)c1. The van der Waals surface area contributed by atoms with E-state index in [1.54, 1.807) is 6.07 Å². The van der Waals surface area contributed by atoms with Crippen LogP contribution in [0, 0.1) is 0 Å². The van der Waals surface area contributed by atoms with Crippen LogP contribution in [0.4, 0.5) is 5.69 Å². The summed E-state index contributed by atoms with van der Waals surface area (Å²) in [5.41, 5.74) is 0.625. The number of hydrogen-bond acceptors (Lipinski definition) is 4. The Kier molecular flexibility index (Phi) is 4.67.